The van der Waals surface area contributed by atoms with Gasteiger partial charge in [0.05, 0.1) is 19.3 Å². The fourth-order valence-electron chi connectivity index (χ4n) is 3.12. The molecule has 0 spiro atoms. The first kappa shape index (κ1) is 23.0. The molecule has 168 valence electrons. The van der Waals surface area contributed by atoms with Crippen molar-refractivity contribution in [3.8, 4) is 11.4 Å². The van der Waals surface area contributed by atoms with E-state index in [1.54, 1.807) is 48.1 Å². The fourth-order valence-corrected chi connectivity index (χ4v) is 4.31. The second-order valence-electron chi connectivity index (χ2n) is 7.04. The number of ether oxygens (including phenoxy) is 1. The summed E-state index contributed by atoms with van der Waals surface area (Å²) in [5.41, 5.74) is 2.20. The molecule has 0 aliphatic rings. The third-order valence-corrected chi connectivity index (χ3v) is 6.34. The number of amides is 1. The zero-order valence-corrected chi connectivity index (χ0v) is 20.1. The number of hydrogen-bond acceptors (Lipinski definition) is 5. The van der Waals surface area contributed by atoms with Gasteiger partial charge in [0.1, 0.15) is 11.6 Å². The Hall–Kier alpha value is -3.17. The van der Waals surface area contributed by atoms with Crippen LogP contribution in [0.2, 0.25) is 0 Å². The van der Waals surface area contributed by atoms with Crippen LogP contribution in [0.1, 0.15) is 21.7 Å². The standard InChI is InChI=1S/C24H20BrFN4O2S/c1-32-21-11-7-17(8-12-21)23(31)27-14-22-28-29-24(30(22)20-4-2-3-19(26)13-20)33-15-16-5-9-18(25)10-6-16/h2-13H,14-15H2,1H3,(H,27,31). The van der Waals surface area contributed by atoms with Crippen molar-refractivity contribution < 1.29 is 13.9 Å². The van der Waals surface area contributed by atoms with E-state index in [9.17, 15) is 9.18 Å². The highest BCUT2D eigenvalue weighted by molar-refractivity contribution is 9.10. The van der Waals surface area contributed by atoms with Gasteiger partial charge in [-0.15, -0.1) is 10.2 Å². The van der Waals surface area contributed by atoms with Gasteiger partial charge < -0.3 is 10.1 Å². The lowest BCUT2D eigenvalue weighted by molar-refractivity contribution is 0.0949. The van der Waals surface area contributed by atoms with E-state index in [0.717, 1.165) is 10.0 Å². The molecule has 6 nitrogen and oxygen atoms in total. The summed E-state index contributed by atoms with van der Waals surface area (Å²) >= 11 is 4.92. The molecule has 0 fully saturated rings. The Bertz CT molecular complexity index is 1250. The number of methoxy groups -OCH3 is 1. The van der Waals surface area contributed by atoms with E-state index in [0.29, 0.717) is 33.7 Å². The second-order valence-corrected chi connectivity index (χ2v) is 8.90. The lowest BCUT2D eigenvalue weighted by Crippen LogP contribution is -2.24. The van der Waals surface area contributed by atoms with Crippen molar-refractivity contribution in [2.45, 2.75) is 17.5 Å². The van der Waals surface area contributed by atoms with Gasteiger partial charge in [0.2, 0.25) is 0 Å². The number of hydrogen-bond donors (Lipinski definition) is 1. The minimum Gasteiger partial charge on any atom is -0.497 e. The van der Waals surface area contributed by atoms with E-state index in [4.69, 9.17) is 4.74 Å². The van der Waals surface area contributed by atoms with E-state index >= 15 is 0 Å². The molecule has 33 heavy (non-hydrogen) atoms. The molecular weight excluding hydrogens is 507 g/mol. The maximum atomic E-state index is 14.0. The maximum absolute atomic E-state index is 14.0. The molecule has 1 amide bonds. The van der Waals surface area contributed by atoms with Gasteiger partial charge in [-0.1, -0.05) is 45.9 Å². The average Bonchev–Trinajstić information content (AvgIpc) is 3.25. The Morgan fingerprint density at radius 2 is 1.85 bits per heavy atom. The van der Waals surface area contributed by atoms with Gasteiger partial charge in [-0.3, -0.25) is 9.36 Å². The van der Waals surface area contributed by atoms with Crippen molar-refractivity contribution >= 4 is 33.6 Å². The highest BCUT2D eigenvalue weighted by Gasteiger charge is 2.16. The van der Waals surface area contributed by atoms with Crippen LogP contribution in [0.25, 0.3) is 5.69 Å². The highest BCUT2D eigenvalue weighted by Crippen LogP contribution is 2.26. The van der Waals surface area contributed by atoms with Gasteiger partial charge >= 0.3 is 0 Å². The van der Waals surface area contributed by atoms with E-state index in [1.165, 1.54) is 23.9 Å². The smallest absolute Gasteiger partial charge is 0.251 e. The molecule has 4 rings (SSSR count). The van der Waals surface area contributed by atoms with Crippen molar-refractivity contribution in [1.82, 2.24) is 20.1 Å². The Morgan fingerprint density at radius 3 is 2.55 bits per heavy atom. The third-order valence-electron chi connectivity index (χ3n) is 4.81. The third kappa shape index (κ3) is 5.80. The molecule has 1 heterocycles. The zero-order chi connectivity index (χ0) is 23.2. The summed E-state index contributed by atoms with van der Waals surface area (Å²) in [6.07, 6.45) is 0. The van der Waals surface area contributed by atoms with Crippen molar-refractivity contribution in [3.05, 3.63) is 100 Å². The van der Waals surface area contributed by atoms with Crippen LogP contribution in [0.3, 0.4) is 0 Å². The van der Waals surface area contributed by atoms with Crippen LogP contribution in [0.5, 0.6) is 5.75 Å². The predicted molar refractivity (Wildman–Crippen MR) is 129 cm³/mol. The molecule has 4 aromatic rings. The summed E-state index contributed by atoms with van der Waals surface area (Å²) in [5.74, 6) is 1.22. The Morgan fingerprint density at radius 1 is 1.09 bits per heavy atom. The molecule has 0 aliphatic carbocycles. The molecule has 1 aromatic heterocycles. The lowest BCUT2D eigenvalue weighted by Gasteiger charge is -2.11. The second kappa shape index (κ2) is 10.6. The molecule has 9 heteroatoms. The van der Waals surface area contributed by atoms with E-state index in [-0.39, 0.29) is 18.3 Å². The molecule has 0 aliphatic heterocycles. The fraction of sp³-hybridized carbons (Fsp3) is 0.125. The Labute approximate surface area is 203 Å². The van der Waals surface area contributed by atoms with Gasteiger partial charge in [0, 0.05) is 15.8 Å². The quantitative estimate of drug-likeness (QED) is 0.311. The van der Waals surface area contributed by atoms with E-state index < -0.39 is 0 Å². The number of benzene rings is 3. The van der Waals surface area contributed by atoms with Gasteiger partial charge in [-0.2, -0.15) is 0 Å². The van der Waals surface area contributed by atoms with Gasteiger partial charge in [-0.05, 0) is 60.2 Å². The molecule has 0 unspecified atom stereocenters. The van der Waals surface area contributed by atoms with Crippen LogP contribution >= 0.6 is 27.7 Å². The summed E-state index contributed by atoms with van der Waals surface area (Å²) in [6, 6.07) is 21.0. The minimum absolute atomic E-state index is 0.132. The molecule has 0 atom stereocenters. The Balaban J connectivity index is 1.55. The zero-order valence-electron chi connectivity index (χ0n) is 17.7. The van der Waals surface area contributed by atoms with Crippen molar-refractivity contribution in [2.75, 3.05) is 7.11 Å². The number of thioether (sulfide) groups is 1. The summed E-state index contributed by atoms with van der Waals surface area (Å²) in [4.78, 5) is 12.6. The van der Waals surface area contributed by atoms with Crippen LogP contribution < -0.4 is 10.1 Å². The first-order valence-corrected chi connectivity index (χ1v) is 11.8. The summed E-state index contributed by atoms with van der Waals surface area (Å²) in [7, 11) is 1.57. The van der Waals surface area contributed by atoms with Crippen LogP contribution in [-0.4, -0.2) is 27.8 Å². The molecule has 0 saturated heterocycles. The lowest BCUT2D eigenvalue weighted by atomic mass is 10.2. The molecule has 0 saturated carbocycles. The normalized spacial score (nSPS) is 10.8. The van der Waals surface area contributed by atoms with E-state index in [2.05, 4.69) is 31.4 Å². The first-order valence-electron chi connectivity index (χ1n) is 10.0. The predicted octanol–water partition coefficient (Wildman–Crippen LogP) is 5.40. The molecule has 0 bridgehead atoms. The van der Waals surface area contributed by atoms with Crippen LogP contribution in [0, 0.1) is 5.82 Å². The van der Waals surface area contributed by atoms with Crippen LogP contribution in [0.15, 0.2) is 82.4 Å². The number of nitrogens with one attached hydrogen (secondary N) is 1. The summed E-state index contributed by atoms with van der Waals surface area (Å²) in [5, 5.41) is 12.0. The van der Waals surface area contributed by atoms with Crippen LogP contribution in [0.4, 0.5) is 4.39 Å². The number of carbonyl (C=O) groups is 1. The first-order chi connectivity index (χ1) is 16.0. The number of carbonyl (C=O) groups excluding carboxylic acids is 1. The van der Waals surface area contributed by atoms with Crippen LogP contribution in [-0.2, 0) is 12.3 Å². The van der Waals surface area contributed by atoms with Crippen molar-refractivity contribution in [3.63, 3.8) is 0 Å². The topological polar surface area (TPSA) is 69.0 Å². The molecular formula is C24H20BrFN4O2S. The maximum Gasteiger partial charge on any atom is 0.251 e. The van der Waals surface area contributed by atoms with Crippen molar-refractivity contribution in [1.29, 1.82) is 0 Å². The molecule has 1 N–H and O–H groups in total. The van der Waals surface area contributed by atoms with E-state index in [1.807, 2.05) is 24.3 Å². The van der Waals surface area contributed by atoms with Gasteiger partial charge in [0.15, 0.2) is 11.0 Å². The molecule has 0 radical (unpaired) electrons. The monoisotopic (exact) mass is 526 g/mol. The number of rotatable bonds is 8. The minimum atomic E-state index is -0.363. The largest absolute Gasteiger partial charge is 0.497 e. The number of halogens is 2. The number of aromatic nitrogens is 3. The summed E-state index contributed by atoms with van der Waals surface area (Å²) < 4.78 is 21.9. The Kier molecular flexibility index (Phi) is 7.41. The molecule has 3 aromatic carbocycles. The summed E-state index contributed by atoms with van der Waals surface area (Å²) in [6.45, 7) is 0.132. The SMILES string of the molecule is COc1ccc(C(=O)NCc2nnc(SCc3ccc(Br)cc3)n2-c2cccc(F)c2)cc1. The van der Waals surface area contributed by atoms with Gasteiger partial charge in [0.25, 0.3) is 5.91 Å². The van der Waals surface area contributed by atoms with Gasteiger partial charge in [-0.25, -0.2) is 4.39 Å². The number of nitrogens with zero attached hydrogens (tertiary/aromatic N) is 3. The average molecular weight is 527 g/mol. The van der Waals surface area contributed by atoms with Crippen molar-refractivity contribution in [2.24, 2.45) is 0 Å². The highest BCUT2D eigenvalue weighted by atomic mass is 79.9.